The first-order valence-electron chi connectivity index (χ1n) is 8.32. The third kappa shape index (κ3) is 3.23. The number of nitrogens with zero attached hydrogens (tertiary/aromatic N) is 3. The van der Waals surface area contributed by atoms with E-state index in [1.807, 2.05) is 25.5 Å². The van der Waals surface area contributed by atoms with E-state index in [9.17, 15) is 0 Å². The molecule has 0 aliphatic carbocycles. The zero-order chi connectivity index (χ0) is 17.2. The minimum atomic E-state index is 0.774. The summed E-state index contributed by atoms with van der Waals surface area (Å²) >= 11 is 1.68. The van der Waals surface area contributed by atoms with Crippen molar-refractivity contribution in [2.45, 2.75) is 20.4 Å². The van der Waals surface area contributed by atoms with Gasteiger partial charge in [0.2, 0.25) is 0 Å². The predicted molar refractivity (Wildman–Crippen MR) is 102 cm³/mol. The number of thiophene rings is 1. The number of hydrogen-bond donors (Lipinski definition) is 4. The molecule has 3 aromatic heterocycles. The Hall–Kier alpha value is -2.42. The molecular weight excluding hydrogens is 334 g/mol. The summed E-state index contributed by atoms with van der Waals surface area (Å²) in [7, 11) is 0. The van der Waals surface area contributed by atoms with Gasteiger partial charge in [-0.2, -0.15) is 0 Å². The second-order valence-electron chi connectivity index (χ2n) is 5.96. The second kappa shape index (κ2) is 6.83. The monoisotopic (exact) mass is 355 g/mol. The maximum absolute atomic E-state index is 4.65. The summed E-state index contributed by atoms with van der Waals surface area (Å²) in [5.41, 5.74) is 11.4. The fourth-order valence-electron chi connectivity index (χ4n) is 2.85. The molecule has 130 valence electrons. The van der Waals surface area contributed by atoms with Crippen molar-refractivity contribution in [1.82, 2.24) is 30.5 Å². The van der Waals surface area contributed by atoms with E-state index in [0.717, 1.165) is 47.5 Å². The average Bonchev–Trinajstić information content (AvgIpc) is 3.33. The van der Waals surface area contributed by atoms with Gasteiger partial charge >= 0.3 is 0 Å². The summed E-state index contributed by atoms with van der Waals surface area (Å²) in [5.74, 6) is 0.780. The molecule has 0 unspecified atom stereocenters. The van der Waals surface area contributed by atoms with Gasteiger partial charge in [-0.15, -0.1) is 11.3 Å². The molecule has 7 nitrogen and oxygen atoms in total. The smallest absolute Gasteiger partial charge is 0.180 e. The van der Waals surface area contributed by atoms with E-state index in [4.69, 9.17) is 0 Å². The topological polar surface area (TPSA) is 78.3 Å². The predicted octanol–water partition coefficient (Wildman–Crippen LogP) is 2.40. The van der Waals surface area contributed by atoms with E-state index in [2.05, 4.69) is 54.2 Å². The van der Waals surface area contributed by atoms with Crippen molar-refractivity contribution in [3.05, 3.63) is 47.0 Å². The fourth-order valence-corrected chi connectivity index (χ4v) is 3.65. The Labute approximate surface area is 150 Å². The maximum atomic E-state index is 4.65. The number of aryl methyl sites for hydroxylation is 1. The van der Waals surface area contributed by atoms with Crippen LogP contribution in [0.3, 0.4) is 0 Å². The van der Waals surface area contributed by atoms with E-state index >= 15 is 0 Å². The van der Waals surface area contributed by atoms with E-state index < -0.39 is 0 Å². The molecule has 1 aliphatic heterocycles. The van der Waals surface area contributed by atoms with E-state index in [-0.39, 0.29) is 0 Å². The van der Waals surface area contributed by atoms with Crippen LogP contribution in [-0.2, 0) is 6.54 Å². The molecule has 0 amide bonds. The molecule has 0 atom stereocenters. The first-order valence-corrected chi connectivity index (χ1v) is 9.20. The zero-order valence-corrected chi connectivity index (χ0v) is 15.1. The van der Waals surface area contributed by atoms with Crippen molar-refractivity contribution >= 4 is 33.4 Å². The van der Waals surface area contributed by atoms with Crippen LogP contribution in [0.4, 0.5) is 10.8 Å². The molecule has 3 aromatic rings. The van der Waals surface area contributed by atoms with Crippen molar-refractivity contribution in [3.8, 4) is 0 Å². The third-order valence-electron chi connectivity index (χ3n) is 4.04. The first-order chi connectivity index (χ1) is 12.2. The van der Waals surface area contributed by atoms with Crippen molar-refractivity contribution in [1.29, 1.82) is 0 Å². The van der Waals surface area contributed by atoms with Crippen molar-refractivity contribution in [2.24, 2.45) is 0 Å². The van der Waals surface area contributed by atoms with Gasteiger partial charge in [-0.05, 0) is 30.5 Å². The Morgan fingerprint density at radius 3 is 3.12 bits per heavy atom. The van der Waals surface area contributed by atoms with E-state index in [1.165, 1.54) is 11.1 Å². The lowest BCUT2D eigenvalue weighted by molar-refractivity contribution is 0.729. The molecule has 0 saturated carbocycles. The highest BCUT2D eigenvalue weighted by Gasteiger charge is 2.15. The molecule has 8 heteroatoms. The molecule has 25 heavy (non-hydrogen) atoms. The van der Waals surface area contributed by atoms with Crippen LogP contribution in [0.25, 0.3) is 11.2 Å². The Balaban J connectivity index is 1.66. The average molecular weight is 355 g/mol. The number of aromatic nitrogens is 3. The number of rotatable bonds is 6. The molecule has 0 aromatic carbocycles. The summed E-state index contributed by atoms with van der Waals surface area (Å²) in [5, 5.41) is 10.0. The Morgan fingerprint density at radius 2 is 2.32 bits per heavy atom. The molecule has 0 radical (unpaired) electrons. The maximum Gasteiger partial charge on any atom is 0.180 e. The highest BCUT2D eigenvalue weighted by Crippen LogP contribution is 2.27. The van der Waals surface area contributed by atoms with Gasteiger partial charge in [-0.25, -0.2) is 15.4 Å². The highest BCUT2D eigenvalue weighted by atomic mass is 32.1. The first kappa shape index (κ1) is 16.1. The molecule has 4 rings (SSSR count). The molecule has 4 heterocycles. The van der Waals surface area contributed by atoms with Crippen LogP contribution in [-0.4, -0.2) is 27.5 Å². The lowest BCUT2D eigenvalue weighted by Crippen LogP contribution is -2.20. The summed E-state index contributed by atoms with van der Waals surface area (Å²) in [6.07, 6.45) is 5.89. The quantitative estimate of drug-likeness (QED) is 0.544. The Kier molecular flexibility index (Phi) is 4.39. The van der Waals surface area contributed by atoms with Crippen LogP contribution in [0, 0.1) is 6.92 Å². The van der Waals surface area contributed by atoms with Gasteiger partial charge in [-0.3, -0.25) is 4.40 Å². The summed E-state index contributed by atoms with van der Waals surface area (Å²) in [6.45, 7) is 6.73. The van der Waals surface area contributed by atoms with Crippen molar-refractivity contribution in [2.75, 3.05) is 18.4 Å². The van der Waals surface area contributed by atoms with Gasteiger partial charge in [0.25, 0.3) is 0 Å². The molecule has 0 fully saturated rings. The Bertz CT molecular complexity index is 924. The highest BCUT2D eigenvalue weighted by molar-refractivity contribution is 7.14. The lowest BCUT2D eigenvalue weighted by Gasteiger charge is -2.08. The van der Waals surface area contributed by atoms with Gasteiger partial charge in [0.05, 0.1) is 22.6 Å². The standard InChI is InChI=1S/C17H21N7S/c1-3-18-5-12-4-15(25-10-12)23-16-17-19-8-14(13-6-20-21-7-13)24(17)9-11(2)22-16/h4,6,8-10,18,20-21H,3,5,7H2,1-2H3,(H,22,23). The molecule has 0 spiro atoms. The van der Waals surface area contributed by atoms with Crippen LogP contribution in [0.2, 0.25) is 0 Å². The molecule has 0 saturated heterocycles. The van der Waals surface area contributed by atoms with Crippen LogP contribution in [0.5, 0.6) is 0 Å². The SMILES string of the molecule is CCNCc1csc(Nc2nc(C)cn3c(C4=CNNC4)cnc23)c1. The number of nitrogens with one attached hydrogen (secondary N) is 4. The number of fused-ring (bicyclic) bond motifs is 1. The Morgan fingerprint density at radius 1 is 1.40 bits per heavy atom. The summed E-state index contributed by atoms with van der Waals surface area (Å²) in [4.78, 5) is 9.24. The number of hydrogen-bond acceptors (Lipinski definition) is 7. The van der Waals surface area contributed by atoms with Gasteiger partial charge in [-0.1, -0.05) is 6.92 Å². The summed E-state index contributed by atoms with van der Waals surface area (Å²) in [6, 6.07) is 2.16. The minimum absolute atomic E-state index is 0.774. The molecule has 0 bridgehead atoms. The second-order valence-corrected chi connectivity index (χ2v) is 6.87. The van der Waals surface area contributed by atoms with Gasteiger partial charge < -0.3 is 16.1 Å². The normalized spacial score (nSPS) is 13.9. The van der Waals surface area contributed by atoms with Crippen molar-refractivity contribution in [3.63, 3.8) is 0 Å². The molecule has 1 aliphatic rings. The third-order valence-corrected chi connectivity index (χ3v) is 4.94. The van der Waals surface area contributed by atoms with Gasteiger partial charge in [0.1, 0.15) is 0 Å². The molecule has 4 N–H and O–H groups in total. The van der Waals surface area contributed by atoms with Crippen molar-refractivity contribution < 1.29 is 0 Å². The van der Waals surface area contributed by atoms with Crippen LogP contribution < -0.4 is 21.5 Å². The van der Waals surface area contributed by atoms with E-state index in [0.29, 0.717) is 0 Å². The number of imidazole rings is 1. The van der Waals surface area contributed by atoms with Gasteiger partial charge in [0.15, 0.2) is 11.5 Å². The lowest BCUT2D eigenvalue weighted by atomic mass is 10.2. The van der Waals surface area contributed by atoms with Gasteiger partial charge in [0, 0.05) is 31.1 Å². The minimum Gasteiger partial charge on any atom is -0.329 e. The van der Waals surface area contributed by atoms with Crippen LogP contribution in [0.15, 0.2) is 30.0 Å². The van der Waals surface area contributed by atoms with E-state index in [1.54, 1.807) is 11.3 Å². The number of anilines is 2. The van der Waals surface area contributed by atoms with Crippen LogP contribution >= 0.6 is 11.3 Å². The summed E-state index contributed by atoms with van der Waals surface area (Å²) < 4.78 is 2.10. The molecular formula is C17H21N7S. The number of hydrazine groups is 1. The fraction of sp³-hybridized carbons (Fsp3) is 0.294. The zero-order valence-electron chi connectivity index (χ0n) is 14.3. The van der Waals surface area contributed by atoms with Crippen LogP contribution in [0.1, 0.15) is 23.9 Å². The largest absolute Gasteiger partial charge is 0.329 e.